The Morgan fingerprint density at radius 2 is 1.94 bits per heavy atom. The van der Waals surface area contributed by atoms with Crippen LogP contribution in [-0.2, 0) is 6.54 Å². The van der Waals surface area contributed by atoms with Crippen LogP contribution in [0.3, 0.4) is 0 Å². The average molecular weight is 228 g/mol. The highest BCUT2D eigenvalue weighted by atomic mass is 15.2. The van der Waals surface area contributed by atoms with Crippen LogP contribution in [0.5, 0.6) is 0 Å². The first-order valence-electron chi connectivity index (χ1n) is 5.54. The van der Waals surface area contributed by atoms with Crippen LogP contribution in [-0.4, -0.2) is 24.1 Å². The number of nitrogens with zero attached hydrogens (tertiary/aromatic N) is 3. The van der Waals surface area contributed by atoms with E-state index in [4.69, 9.17) is 0 Å². The van der Waals surface area contributed by atoms with E-state index in [0.29, 0.717) is 0 Å². The lowest BCUT2D eigenvalue weighted by molar-refractivity contribution is 0.891. The number of benzene rings is 1. The summed E-state index contributed by atoms with van der Waals surface area (Å²) in [5.41, 5.74) is 1.26. The second-order valence-electron chi connectivity index (χ2n) is 3.85. The molecule has 17 heavy (non-hydrogen) atoms. The van der Waals surface area contributed by atoms with Gasteiger partial charge in [-0.15, -0.1) is 0 Å². The van der Waals surface area contributed by atoms with Crippen LogP contribution >= 0.6 is 0 Å². The third-order valence-corrected chi connectivity index (χ3v) is 2.56. The topological polar surface area (TPSA) is 41.0 Å². The molecule has 0 atom stereocenters. The quantitative estimate of drug-likeness (QED) is 0.870. The van der Waals surface area contributed by atoms with E-state index in [0.717, 1.165) is 18.2 Å². The first kappa shape index (κ1) is 11.4. The molecule has 4 heteroatoms. The summed E-state index contributed by atoms with van der Waals surface area (Å²) in [6, 6.07) is 12.3. The molecule has 0 aliphatic heterocycles. The van der Waals surface area contributed by atoms with E-state index in [1.165, 1.54) is 5.56 Å². The van der Waals surface area contributed by atoms with Gasteiger partial charge in [0.1, 0.15) is 18.0 Å². The van der Waals surface area contributed by atoms with Crippen molar-refractivity contribution in [2.24, 2.45) is 0 Å². The third-order valence-electron chi connectivity index (χ3n) is 2.56. The Kier molecular flexibility index (Phi) is 3.55. The maximum atomic E-state index is 4.26. The maximum Gasteiger partial charge on any atom is 0.134 e. The summed E-state index contributed by atoms with van der Waals surface area (Å²) in [7, 11) is 3.87. The van der Waals surface area contributed by atoms with Gasteiger partial charge < -0.3 is 10.2 Å². The van der Waals surface area contributed by atoms with Gasteiger partial charge in [0, 0.05) is 26.7 Å². The number of aromatic nitrogens is 2. The second kappa shape index (κ2) is 5.30. The molecule has 4 nitrogen and oxygen atoms in total. The maximum absolute atomic E-state index is 4.26. The fourth-order valence-corrected chi connectivity index (χ4v) is 1.63. The van der Waals surface area contributed by atoms with Crippen molar-refractivity contribution in [3.8, 4) is 0 Å². The fourth-order valence-electron chi connectivity index (χ4n) is 1.63. The van der Waals surface area contributed by atoms with Crippen molar-refractivity contribution in [3.63, 3.8) is 0 Å². The summed E-state index contributed by atoms with van der Waals surface area (Å²) in [6.07, 6.45) is 1.57. The second-order valence-corrected chi connectivity index (χ2v) is 3.85. The molecule has 0 aliphatic rings. The minimum atomic E-state index is 0.829. The summed E-state index contributed by atoms with van der Waals surface area (Å²) in [5, 5.41) is 3.01. The zero-order chi connectivity index (χ0) is 12.1. The molecule has 1 heterocycles. The molecule has 2 aromatic rings. The van der Waals surface area contributed by atoms with Crippen LogP contribution in [0.2, 0.25) is 0 Å². The first-order valence-corrected chi connectivity index (χ1v) is 5.54. The van der Waals surface area contributed by atoms with Crippen LogP contribution in [0, 0.1) is 0 Å². The van der Waals surface area contributed by atoms with Crippen molar-refractivity contribution >= 4 is 11.6 Å². The van der Waals surface area contributed by atoms with Gasteiger partial charge in [-0.2, -0.15) is 0 Å². The highest BCUT2D eigenvalue weighted by Crippen LogP contribution is 2.14. The number of hydrogen-bond donors (Lipinski definition) is 1. The van der Waals surface area contributed by atoms with E-state index in [1.54, 1.807) is 6.33 Å². The predicted molar refractivity (Wildman–Crippen MR) is 70.1 cm³/mol. The van der Waals surface area contributed by atoms with Crippen molar-refractivity contribution in [2.45, 2.75) is 6.54 Å². The van der Waals surface area contributed by atoms with E-state index in [9.17, 15) is 0 Å². The molecule has 0 amide bonds. The van der Waals surface area contributed by atoms with E-state index in [2.05, 4.69) is 32.3 Å². The van der Waals surface area contributed by atoms with Crippen molar-refractivity contribution in [1.29, 1.82) is 0 Å². The van der Waals surface area contributed by atoms with Gasteiger partial charge in [-0.3, -0.25) is 0 Å². The summed E-state index contributed by atoms with van der Waals surface area (Å²) in [5.74, 6) is 1.74. The van der Waals surface area contributed by atoms with Crippen LogP contribution in [0.25, 0.3) is 0 Å². The van der Waals surface area contributed by atoms with Crippen LogP contribution in [0.15, 0.2) is 42.7 Å². The van der Waals surface area contributed by atoms with Gasteiger partial charge in [-0.1, -0.05) is 30.3 Å². The van der Waals surface area contributed by atoms with Gasteiger partial charge in [0.15, 0.2) is 0 Å². The van der Waals surface area contributed by atoms with Gasteiger partial charge in [-0.25, -0.2) is 9.97 Å². The molecule has 1 N–H and O–H groups in total. The summed E-state index contributed by atoms with van der Waals surface area (Å²) in [6.45, 7) is 0.834. The average Bonchev–Trinajstić information content (AvgIpc) is 2.40. The highest BCUT2D eigenvalue weighted by molar-refractivity contribution is 5.47. The number of rotatable bonds is 4. The standard InChI is InChI=1S/C13H16N4/c1-14-12-8-13(16-10-15-12)17(2)9-11-6-4-3-5-7-11/h3-8,10H,9H2,1-2H3,(H,14,15,16). The molecule has 0 fully saturated rings. The Balaban J connectivity index is 2.11. The summed E-state index contributed by atoms with van der Waals surface area (Å²) in [4.78, 5) is 10.5. The lowest BCUT2D eigenvalue weighted by Crippen LogP contribution is -2.17. The zero-order valence-corrected chi connectivity index (χ0v) is 10.1. The van der Waals surface area contributed by atoms with Crippen LogP contribution in [0.1, 0.15) is 5.56 Å². The molecule has 0 saturated heterocycles. The molecule has 1 aromatic heterocycles. The Morgan fingerprint density at radius 3 is 2.65 bits per heavy atom. The molecule has 0 bridgehead atoms. The van der Waals surface area contributed by atoms with Gasteiger partial charge >= 0.3 is 0 Å². The molecular formula is C13H16N4. The molecule has 0 spiro atoms. The van der Waals surface area contributed by atoms with Crippen LogP contribution < -0.4 is 10.2 Å². The van der Waals surface area contributed by atoms with Crippen molar-refractivity contribution < 1.29 is 0 Å². The highest BCUT2D eigenvalue weighted by Gasteiger charge is 2.04. The van der Waals surface area contributed by atoms with Gasteiger partial charge in [0.25, 0.3) is 0 Å². The molecule has 0 aliphatic carbocycles. The number of hydrogen-bond acceptors (Lipinski definition) is 4. The number of nitrogens with one attached hydrogen (secondary N) is 1. The van der Waals surface area contributed by atoms with Gasteiger partial charge in [0.2, 0.25) is 0 Å². The molecule has 0 unspecified atom stereocenters. The normalized spacial score (nSPS) is 10.0. The third kappa shape index (κ3) is 2.93. The van der Waals surface area contributed by atoms with E-state index in [-0.39, 0.29) is 0 Å². The molecular weight excluding hydrogens is 212 g/mol. The largest absolute Gasteiger partial charge is 0.373 e. The monoisotopic (exact) mass is 228 g/mol. The molecule has 2 rings (SSSR count). The molecule has 0 radical (unpaired) electrons. The number of anilines is 2. The Labute approximate surface area is 101 Å². The smallest absolute Gasteiger partial charge is 0.134 e. The predicted octanol–water partition coefficient (Wildman–Crippen LogP) is 2.15. The molecule has 88 valence electrons. The Bertz CT molecular complexity index is 470. The van der Waals surface area contributed by atoms with Gasteiger partial charge in [-0.05, 0) is 5.56 Å². The van der Waals surface area contributed by atoms with E-state index in [1.807, 2.05) is 38.4 Å². The Morgan fingerprint density at radius 1 is 1.18 bits per heavy atom. The fraction of sp³-hybridized carbons (Fsp3) is 0.231. The molecule has 1 aromatic carbocycles. The van der Waals surface area contributed by atoms with E-state index < -0.39 is 0 Å². The minimum Gasteiger partial charge on any atom is -0.373 e. The SMILES string of the molecule is CNc1cc(N(C)Cc2ccccc2)ncn1. The van der Waals surface area contributed by atoms with Crippen molar-refractivity contribution in [2.75, 3.05) is 24.3 Å². The lowest BCUT2D eigenvalue weighted by atomic mass is 10.2. The van der Waals surface area contributed by atoms with E-state index >= 15 is 0 Å². The van der Waals surface area contributed by atoms with Crippen molar-refractivity contribution in [3.05, 3.63) is 48.3 Å². The zero-order valence-electron chi connectivity index (χ0n) is 10.1. The van der Waals surface area contributed by atoms with Crippen molar-refractivity contribution in [1.82, 2.24) is 9.97 Å². The van der Waals surface area contributed by atoms with Gasteiger partial charge in [0.05, 0.1) is 0 Å². The van der Waals surface area contributed by atoms with Crippen LogP contribution in [0.4, 0.5) is 11.6 Å². The molecule has 0 saturated carbocycles. The Hall–Kier alpha value is -2.10. The first-order chi connectivity index (χ1) is 8.29. The minimum absolute atomic E-state index is 0.829. The lowest BCUT2D eigenvalue weighted by Gasteiger charge is -2.18. The summed E-state index contributed by atoms with van der Waals surface area (Å²) < 4.78 is 0. The summed E-state index contributed by atoms with van der Waals surface area (Å²) >= 11 is 0.